The van der Waals surface area contributed by atoms with Crippen molar-refractivity contribution in [2.45, 2.75) is 13.0 Å². The van der Waals surface area contributed by atoms with Gasteiger partial charge in [-0.25, -0.2) is 9.18 Å². The summed E-state index contributed by atoms with van der Waals surface area (Å²) in [6, 6.07) is 13.1. The van der Waals surface area contributed by atoms with E-state index in [4.69, 9.17) is 4.74 Å². The quantitative estimate of drug-likeness (QED) is 0.661. The van der Waals surface area contributed by atoms with Gasteiger partial charge in [-0.2, -0.15) is 0 Å². The van der Waals surface area contributed by atoms with Crippen LogP contribution in [0.5, 0.6) is 0 Å². The Morgan fingerprint density at radius 3 is 2.69 bits per heavy atom. The molecule has 26 heavy (non-hydrogen) atoms. The van der Waals surface area contributed by atoms with Crippen molar-refractivity contribution in [1.82, 2.24) is 10.2 Å². The lowest BCUT2D eigenvalue weighted by Crippen LogP contribution is -2.18. The number of aromatic nitrogens is 2. The third-order valence-electron chi connectivity index (χ3n) is 3.87. The fraction of sp³-hybridized carbons (Fsp3) is 0.211. The molecule has 134 valence electrons. The van der Waals surface area contributed by atoms with Gasteiger partial charge in [0.05, 0.1) is 23.9 Å². The second-order valence-electron chi connectivity index (χ2n) is 5.58. The van der Waals surface area contributed by atoms with E-state index >= 15 is 0 Å². The van der Waals surface area contributed by atoms with E-state index < -0.39 is 17.9 Å². The second kappa shape index (κ2) is 7.88. The topological polar surface area (TPSA) is 84.3 Å². The maximum absolute atomic E-state index is 13.8. The van der Waals surface area contributed by atoms with Gasteiger partial charge in [0.1, 0.15) is 5.82 Å². The molecule has 0 amide bonds. The predicted octanol–water partition coefficient (Wildman–Crippen LogP) is 3.09. The van der Waals surface area contributed by atoms with Crippen molar-refractivity contribution in [3.05, 3.63) is 65.6 Å². The first-order chi connectivity index (χ1) is 12.6. The number of ether oxygens (including phenoxy) is 1. The summed E-state index contributed by atoms with van der Waals surface area (Å²) in [4.78, 5) is 12.2. The van der Waals surface area contributed by atoms with E-state index in [-0.39, 0.29) is 24.4 Å². The zero-order chi connectivity index (χ0) is 18.5. The molecule has 1 unspecified atom stereocenters. The van der Waals surface area contributed by atoms with Crippen LogP contribution in [-0.4, -0.2) is 34.4 Å². The van der Waals surface area contributed by atoms with Gasteiger partial charge in [0.25, 0.3) is 0 Å². The Morgan fingerprint density at radius 1 is 1.19 bits per heavy atom. The number of anilines is 1. The van der Waals surface area contributed by atoms with Gasteiger partial charge in [0.15, 0.2) is 5.69 Å². The van der Waals surface area contributed by atoms with E-state index in [0.29, 0.717) is 16.6 Å². The Labute approximate surface area is 149 Å². The number of hydrogen-bond acceptors (Lipinski definition) is 6. The van der Waals surface area contributed by atoms with Crippen LogP contribution < -0.4 is 5.32 Å². The summed E-state index contributed by atoms with van der Waals surface area (Å²) in [7, 11) is 0. The van der Waals surface area contributed by atoms with Gasteiger partial charge in [0.2, 0.25) is 0 Å². The van der Waals surface area contributed by atoms with Crippen LogP contribution in [0.4, 0.5) is 10.1 Å². The molecule has 1 atom stereocenters. The first-order valence-electron chi connectivity index (χ1n) is 8.20. The minimum absolute atomic E-state index is 0.0109. The van der Waals surface area contributed by atoms with E-state index in [0.717, 1.165) is 0 Å². The first-order valence-corrected chi connectivity index (χ1v) is 8.20. The highest BCUT2D eigenvalue weighted by atomic mass is 19.1. The maximum atomic E-state index is 13.8. The fourth-order valence-corrected chi connectivity index (χ4v) is 2.63. The van der Waals surface area contributed by atoms with Crippen molar-refractivity contribution in [2.24, 2.45) is 0 Å². The van der Waals surface area contributed by atoms with Crippen molar-refractivity contribution in [3.63, 3.8) is 0 Å². The van der Waals surface area contributed by atoms with Gasteiger partial charge in [-0.05, 0) is 19.1 Å². The summed E-state index contributed by atoms with van der Waals surface area (Å²) < 4.78 is 18.9. The Hall–Kier alpha value is -3.06. The monoisotopic (exact) mass is 355 g/mol. The number of aliphatic hydroxyl groups excluding tert-OH is 1. The fourth-order valence-electron chi connectivity index (χ4n) is 2.63. The normalized spacial score (nSPS) is 12.0. The zero-order valence-corrected chi connectivity index (χ0v) is 14.1. The molecule has 0 aliphatic carbocycles. The van der Waals surface area contributed by atoms with Crippen LogP contribution in [-0.2, 0) is 4.74 Å². The third kappa shape index (κ3) is 3.62. The average Bonchev–Trinajstić information content (AvgIpc) is 2.66. The molecule has 2 aromatic carbocycles. The minimum atomic E-state index is -1.10. The molecule has 0 spiro atoms. The van der Waals surface area contributed by atoms with Crippen molar-refractivity contribution >= 4 is 22.6 Å². The molecule has 0 bridgehead atoms. The summed E-state index contributed by atoms with van der Waals surface area (Å²) >= 11 is 0. The SMILES string of the molecule is CCOC(=O)c1nnc2ccccc2c1NCC(O)c1ccccc1F. The number of rotatable bonds is 6. The number of esters is 1. The standard InChI is InChI=1S/C19H18FN3O3/c1-2-26-19(25)18-17(13-8-4-6-10-15(13)22-23-18)21-11-16(24)12-7-3-5-9-14(12)20/h3-10,16,24H,2,11H2,1H3,(H,21,22). The van der Waals surface area contributed by atoms with Crippen molar-refractivity contribution in [3.8, 4) is 0 Å². The van der Waals surface area contributed by atoms with Crippen LogP contribution in [0.2, 0.25) is 0 Å². The Morgan fingerprint density at radius 2 is 1.92 bits per heavy atom. The number of carbonyl (C=O) groups is 1. The van der Waals surface area contributed by atoms with E-state index in [9.17, 15) is 14.3 Å². The largest absolute Gasteiger partial charge is 0.461 e. The molecule has 6 nitrogen and oxygen atoms in total. The molecule has 0 fully saturated rings. The van der Waals surface area contributed by atoms with E-state index in [1.165, 1.54) is 12.1 Å². The summed E-state index contributed by atoms with van der Waals surface area (Å²) in [5, 5.41) is 22.0. The van der Waals surface area contributed by atoms with Gasteiger partial charge in [0, 0.05) is 17.5 Å². The lowest BCUT2D eigenvalue weighted by atomic mass is 10.1. The Kier molecular flexibility index (Phi) is 5.38. The molecule has 7 heteroatoms. The van der Waals surface area contributed by atoms with Crippen LogP contribution in [0.15, 0.2) is 48.5 Å². The van der Waals surface area contributed by atoms with Gasteiger partial charge in [-0.1, -0.05) is 36.4 Å². The van der Waals surface area contributed by atoms with Crippen LogP contribution in [0, 0.1) is 5.82 Å². The molecule has 2 N–H and O–H groups in total. The molecule has 3 rings (SSSR count). The molecule has 0 aliphatic heterocycles. The summed E-state index contributed by atoms with van der Waals surface area (Å²) in [6.45, 7) is 1.88. The van der Waals surface area contributed by atoms with Crippen molar-refractivity contribution < 1.29 is 19.0 Å². The lowest BCUT2D eigenvalue weighted by Gasteiger charge is -2.16. The molecule has 3 aromatic rings. The molecule has 0 saturated carbocycles. The van der Waals surface area contributed by atoms with Crippen LogP contribution in [0.3, 0.4) is 0 Å². The highest BCUT2D eigenvalue weighted by Crippen LogP contribution is 2.26. The second-order valence-corrected chi connectivity index (χ2v) is 5.58. The minimum Gasteiger partial charge on any atom is -0.461 e. The maximum Gasteiger partial charge on any atom is 0.361 e. The first kappa shape index (κ1) is 17.8. The zero-order valence-electron chi connectivity index (χ0n) is 14.1. The van der Waals surface area contributed by atoms with Crippen LogP contribution >= 0.6 is 0 Å². The molecule has 1 heterocycles. The van der Waals surface area contributed by atoms with Gasteiger partial charge < -0.3 is 15.2 Å². The summed E-state index contributed by atoms with van der Waals surface area (Å²) in [5.41, 5.74) is 1.17. The van der Waals surface area contributed by atoms with Crippen LogP contribution in [0.25, 0.3) is 10.9 Å². The highest BCUT2D eigenvalue weighted by molar-refractivity contribution is 6.03. The number of nitrogens with one attached hydrogen (secondary N) is 1. The number of aliphatic hydroxyl groups is 1. The average molecular weight is 355 g/mol. The molecule has 0 saturated heterocycles. The van der Waals surface area contributed by atoms with Gasteiger partial charge in [-0.15, -0.1) is 10.2 Å². The van der Waals surface area contributed by atoms with E-state index in [1.807, 2.05) is 0 Å². The number of halogens is 1. The van der Waals surface area contributed by atoms with Crippen molar-refractivity contribution in [1.29, 1.82) is 0 Å². The van der Waals surface area contributed by atoms with Gasteiger partial charge >= 0.3 is 5.97 Å². The predicted molar refractivity (Wildman–Crippen MR) is 95.3 cm³/mol. The number of hydrogen-bond donors (Lipinski definition) is 2. The molecule has 0 radical (unpaired) electrons. The Bertz CT molecular complexity index is 933. The van der Waals surface area contributed by atoms with E-state index in [1.54, 1.807) is 43.3 Å². The molecular formula is C19H18FN3O3. The van der Waals surface area contributed by atoms with E-state index in [2.05, 4.69) is 15.5 Å². The summed E-state index contributed by atoms with van der Waals surface area (Å²) in [5.74, 6) is -1.11. The number of nitrogens with zero attached hydrogens (tertiary/aromatic N) is 2. The molecule has 0 aliphatic rings. The van der Waals surface area contributed by atoms with Crippen molar-refractivity contribution in [2.75, 3.05) is 18.5 Å². The number of carbonyl (C=O) groups excluding carboxylic acids is 1. The number of fused-ring (bicyclic) bond motifs is 1. The molecular weight excluding hydrogens is 337 g/mol. The third-order valence-corrected chi connectivity index (χ3v) is 3.87. The van der Waals surface area contributed by atoms with Gasteiger partial charge in [-0.3, -0.25) is 0 Å². The Balaban J connectivity index is 1.93. The number of benzene rings is 2. The lowest BCUT2D eigenvalue weighted by molar-refractivity contribution is 0.0519. The highest BCUT2D eigenvalue weighted by Gasteiger charge is 2.20. The smallest absolute Gasteiger partial charge is 0.361 e. The molecule has 1 aromatic heterocycles. The summed E-state index contributed by atoms with van der Waals surface area (Å²) in [6.07, 6.45) is -1.10. The van der Waals surface area contributed by atoms with Crippen LogP contribution in [0.1, 0.15) is 29.1 Å².